The molecule has 0 aliphatic heterocycles. The van der Waals surface area contributed by atoms with Gasteiger partial charge in [-0.1, -0.05) is 60.3 Å². The fraction of sp³-hybridized carbons (Fsp3) is 0.882. The van der Waals surface area contributed by atoms with Crippen molar-refractivity contribution < 1.29 is 14.7 Å². The zero-order valence-electron chi connectivity index (χ0n) is 14.8. The van der Waals surface area contributed by atoms with Crippen molar-refractivity contribution in [2.45, 2.75) is 78.8 Å². The van der Waals surface area contributed by atoms with Crippen LogP contribution in [0.15, 0.2) is 0 Å². The summed E-state index contributed by atoms with van der Waals surface area (Å²) in [5.41, 5.74) is 5.95. The second kappa shape index (κ2) is 10.6. The van der Waals surface area contributed by atoms with Crippen molar-refractivity contribution in [1.29, 1.82) is 0 Å². The molecule has 22 heavy (non-hydrogen) atoms. The largest absolute Gasteiger partial charge is 0.481 e. The molecule has 5 atom stereocenters. The highest BCUT2D eigenvalue weighted by Gasteiger charge is 2.29. The standard InChI is InChI=1S/C17H34N2O3/c1-6-8-9-12(4)13(5)14(10-15(20)21)19-17(22)16(18)11(3)7-2/h11-14,16H,6-10,18H2,1-5H3,(H,19,22)(H,20,21)/t11?,12?,13?,14-,16+/m1/s1. The van der Waals surface area contributed by atoms with Gasteiger partial charge in [0, 0.05) is 6.04 Å². The molecule has 130 valence electrons. The molecule has 0 aliphatic carbocycles. The van der Waals surface area contributed by atoms with Gasteiger partial charge < -0.3 is 16.2 Å². The van der Waals surface area contributed by atoms with Crippen LogP contribution in [0.2, 0.25) is 0 Å². The highest BCUT2D eigenvalue weighted by atomic mass is 16.4. The number of carbonyl (C=O) groups excluding carboxylic acids is 1. The van der Waals surface area contributed by atoms with Crippen molar-refractivity contribution in [2.75, 3.05) is 0 Å². The van der Waals surface area contributed by atoms with Crippen LogP contribution >= 0.6 is 0 Å². The lowest BCUT2D eigenvalue weighted by atomic mass is 9.83. The number of aliphatic carboxylic acids is 1. The van der Waals surface area contributed by atoms with Gasteiger partial charge >= 0.3 is 5.97 Å². The Bertz CT molecular complexity index is 347. The summed E-state index contributed by atoms with van der Waals surface area (Å²) in [4.78, 5) is 23.4. The Hall–Kier alpha value is -1.10. The first-order chi connectivity index (χ1) is 10.2. The smallest absolute Gasteiger partial charge is 0.305 e. The first-order valence-electron chi connectivity index (χ1n) is 8.52. The van der Waals surface area contributed by atoms with E-state index < -0.39 is 12.0 Å². The normalized spacial score (nSPS) is 18.1. The van der Waals surface area contributed by atoms with Crippen LogP contribution in [0, 0.1) is 17.8 Å². The molecule has 5 nitrogen and oxygen atoms in total. The van der Waals surface area contributed by atoms with E-state index in [0.29, 0.717) is 5.92 Å². The summed E-state index contributed by atoms with van der Waals surface area (Å²) >= 11 is 0. The van der Waals surface area contributed by atoms with Crippen molar-refractivity contribution in [1.82, 2.24) is 5.32 Å². The lowest BCUT2D eigenvalue weighted by Gasteiger charge is -2.30. The lowest BCUT2D eigenvalue weighted by Crippen LogP contribution is -2.51. The van der Waals surface area contributed by atoms with Gasteiger partial charge in [-0.05, 0) is 17.8 Å². The fourth-order valence-corrected chi connectivity index (χ4v) is 2.53. The molecule has 5 heteroatoms. The highest BCUT2D eigenvalue weighted by Crippen LogP contribution is 2.23. The average Bonchev–Trinajstić information content (AvgIpc) is 2.48. The number of hydrogen-bond donors (Lipinski definition) is 3. The minimum Gasteiger partial charge on any atom is -0.481 e. The summed E-state index contributed by atoms with van der Waals surface area (Å²) in [5, 5.41) is 12.0. The first-order valence-corrected chi connectivity index (χ1v) is 8.52. The zero-order chi connectivity index (χ0) is 17.3. The molecule has 0 aromatic carbocycles. The molecule has 0 heterocycles. The molecule has 0 rings (SSSR count). The lowest BCUT2D eigenvalue weighted by molar-refractivity contribution is -0.138. The van der Waals surface area contributed by atoms with Crippen molar-refractivity contribution >= 4 is 11.9 Å². The zero-order valence-corrected chi connectivity index (χ0v) is 14.8. The molecule has 0 saturated heterocycles. The van der Waals surface area contributed by atoms with E-state index in [0.717, 1.165) is 25.7 Å². The van der Waals surface area contributed by atoms with E-state index >= 15 is 0 Å². The van der Waals surface area contributed by atoms with Crippen LogP contribution in [-0.4, -0.2) is 29.1 Å². The summed E-state index contributed by atoms with van der Waals surface area (Å²) in [7, 11) is 0. The van der Waals surface area contributed by atoms with E-state index in [2.05, 4.69) is 19.2 Å². The molecular weight excluding hydrogens is 280 g/mol. The maximum Gasteiger partial charge on any atom is 0.305 e. The van der Waals surface area contributed by atoms with Gasteiger partial charge in [0.2, 0.25) is 5.91 Å². The minimum atomic E-state index is -0.892. The molecule has 0 saturated carbocycles. The van der Waals surface area contributed by atoms with Crippen LogP contribution in [-0.2, 0) is 9.59 Å². The van der Waals surface area contributed by atoms with Gasteiger partial charge in [-0.2, -0.15) is 0 Å². The SMILES string of the molecule is CCCCC(C)C(C)[C@@H](CC(=O)O)NC(=O)[C@@H](N)C(C)CC. The molecule has 0 aliphatic rings. The summed E-state index contributed by atoms with van der Waals surface area (Å²) in [6.45, 7) is 10.2. The summed E-state index contributed by atoms with van der Waals surface area (Å²) in [6, 6.07) is -0.952. The Labute approximate surface area is 135 Å². The number of nitrogens with one attached hydrogen (secondary N) is 1. The van der Waals surface area contributed by atoms with E-state index in [1.807, 2.05) is 20.8 Å². The third-order valence-electron chi connectivity index (χ3n) is 4.83. The Morgan fingerprint density at radius 3 is 2.18 bits per heavy atom. The van der Waals surface area contributed by atoms with Crippen LogP contribution in [0.25, 0.3) is 0 Å². The molecule has 1 amide bonds. The number of hydrogen-bond acceptors (Lipinski definition) is 3. The van der Waals surface area contributed by atoms with E-state index in [4.69, 9.17) is 10.8 Å². The van der Waals surface area contributed by atoms with Gasteiger partial charge in [0.05, 0.1) is 12.5 Å². The predicted molar refractivity (Wildman–Crippen MR) is 89.5 cm³/mol. The molecule has 0 spiro atoms. The van der Waals surface area contributed by atoms with Crippen LogP contribution in [0.3, 0.4) is 0 Å². The van der Waals surface area contributed by atoms with Crippen molar-refractivity contribution in [3.63, 3.8) is 0 Å². The Kier molecular flexibility index (Phi) is 10.1. The number of nitrogens with two attached hydrogens (primary N) is 1. The third-order valence-corrected chi connectivity index (χ3v) is 4.83. The average molecular weight is 314 g/mol. The molecule has 0 aromatic rings. The fourth-order valence-electron chi connectivity index (χ4n) is 2.53. The van der Waals surface area contributed by atoms with Gasteiger partial charge in [0.15, 0.2) is 0 Å². The monoisotopic (exact) mass is 314 g/mol. The molecule has 3 unspecified atom stereocenters. The summed E-state index contributed by atoms with van der Waals surface area (Å²) in [5.74, 6) is -0.578. The second-order valence-corrected chi connectivity index (χ2v) is 6.60. The van der Waals surface area contributed by atoms with Crippen molar-refractivity contribution in [3.05, 3.63) is 0 Å². The maximum absolute atomic E-state index is 12.2. The topological polar surface area (TPSA) is 92.4 Å². The number of unbranched alkanes of at least 4 members (excludes halogenated alkanes) is 1. The van der Waals surface area contributed by atoms with Crippen LogP contribution < -0.4 is 11.1 Å². The number of rotatable bonds is 11. The minimum absolute atomic E-state index is 0.0589. The molecule has 0 aromatic heterocycles. The van der Waals surface area contributed by atoms with E-state index in [-0.39, 0.29) is 30.2 Å². The predicted octanol–water partition coefficient (Wildman–Crippen LogP) is 2.78. The maximum atomic E-state index is 12.2. The number of carboxylic acid groups (broad SMARTS) is 1. The summed E-state index contributed by atoms with van der Waals surface area (Å²) < 4.78 is 0. The molecular formula is C17H34N2O3. The molecule has 4 N–H and O–H groups in total. The van der Waals surface area contributed by atoms with Gasteiger partial charge in [0.1, 0.15) is 0 Å². The Morgan fingerprint density at radius 2 is 1.73 bits per heavy atom. The number of carboxylic acids is 1. The quantitative estimate of drug-likeness (QED) is 0.547. The van der Waals surface area contributed by atoms with Crippen LogP contribution in [0.1, 0.15) is 66.7 Å². The second-order valence-electron chi connectivity index (χ2n) is 6.60. The van der Waals surface area contributed by atoms with Crippen LogP contribution in [0.4, 0.5) is 0 Å². The van der Waals surface area contributed by atoms with E-state index in [1.165, 1.54) is 0 Å². The Morgan fingerprint density at radius 1 is 1.14 bits per heavy atom. The van der Waals surface area contributed by atoms with Gasteiger partial charge in [-0.3, -0.25) is 9.59 Å². The molecule has 0 fully saturated rings. The van der Waals surface area contributed by atoms with Crippen molar-refractivity contribution in [2.24, 2.45) is 23.5 Å². The number of carbonyl (C=O) groups is 2. The summed E-state index contributed by atoms with van der Waals surface area (Å²) in [6.07, 6.45) is 4.04. The van der Waals surface area contributed by atoms with Gasteiger partial charge in [-0.25, -0.2) is 0 Å². The molecule has 0 radical (unpaired) electrons. The molecule has 0 bridgehead atoms. The van der Waals surface area contributed by atoms with E-state index in [9.17, 15) is 9.59 Å². The van der Waals surface area contributed by atoms with Crippen LogP contribution in [0.5, 0.6) is 0 Å². The van der Waals surface area contributed by atoms with Crippen molar-refractivity contribution in [3.8, 4) is 0 Å². The Balaban J connectivity index is 4.82. The van der Waals surface area contributed by atoms with Gasteiger partial charge in [-0.15, -0.1) is 0 Å². The number of amides is 1. The third kappa shape index (κ3) is 7.25. The highest BCUT2D eigenvalue weighted by molar-refractivity contribution is 5.82. The van der Waals surface area contributed by atoms with Gasteiger partial charge in [0.25, 0.3) is 0 Å². The van der Waals surface area contributed by atoms with E-state index in [1.54, 1.807) is 0 Å². The first kappa shape index (κ1) is 20.9.